The van der Waals surface area contributed by atoms with Crippen LogP contribution in [-0.4, -0.2) is 50.1 Å². The lowest BCUT2D eigenvalue weighted by Crippen LogP contribution is -2.34. The molecule has 0 atom stereocenters. The summed E-state index contributed by atoms with van der Waals surface area (Å²) in [4.78, 5) is 11.4. The number of carbonyl (C=O) groups excluding carboxylic acids is 1. The molecule has 114 valence electrons. The van der Waals surface area contributed by atoms with E-state index < -0.39 is 0 Å². The topological polar surface area (TPSA) is 56.8 Å². The first-order chi connectivity index (χ1) is 8.60. The molecule has 0 spiro atoms. The molecule has 0 rings (SSSR count). The highest BCUT2D eigenvalue weighted by molar-refractivity contribution is 5.77. The molecule has 0 aromatic rings. The fourth-order valence-corrected chi connectivity index (χ4v) is 1.10. The predicted molar refractivity (Wildman–Crippen MR) is 75.2 cm³/mol. The Kier molecular flexibility index (Phi) is 8.22. The normalized spacial score (nSPS) is 12.5. The quantitative estimate of drug-likeness (QED) is 0.686. The van der Waals surface area contributed by atoms with E-state index in [1.807, 2.05) is 41.5 Å². The highest BCUT2D eigenvalue weighted by Crippen LogP contribution is 2.06. The van der Waals surface area contributed by atoms with E-state index in [2.05, 4.69) is 5.32 Å². The Bertz CT molecular complexity index is 253. The molecule has 1 N–H and O–H groups in total. The second-order valence-corrected chi connectivity index (χ2v) is 6.32. The van der Waals surface area contributed by atoms with Crippen LogP contribution in [0.3, 0.4) is 0 Å². The molecule has 0 saturated carbocycles. The largest absolute Gasteiger partial charge is 0.377 e. The number of carbonyl (C=O) groups is 1. The van der Waals surface area contributed by atoms with Gasteiger partial charge in [-0.3, -0.25) is 4.79 Å². The van der Waals surface area contributed by atoms with Crippen molar-refractivity contribution in [3.05, 3.63) is 0 Å². The van der Waals surface area contributed by atoms with Crippen LogP contribution < -0.4 is 5.32 Å². The number of ether oxygens (including phenoxy) is 3. The molecule has 1 amide bonds. The highest BCUT2D eigenvalue weighted by Gasteiger charge is 2.12. The lowest BCUT2D eigenvalue weighted by molar-refractivity contribution is -0.130. The van der Waals surface area contributed by atoms with Gasteiger partial charge in [-0.15, -0.1) is 0 Å². The molecular formula is C14H29NO4. The fraction of sp³-hybridized carbons (Fsp3) is 0.929. The number of amides is 1. The van der Waals surface area contributed by atoms with Crippen molar-refractivity contribution in [2.24, 2.45) is 0 Å². The summed E-state index contributed by atoms with van der Waals surface area (Å²) in [5.41, 5.74) is -0.431. The first-order valence-electron chi connectivity index (χ1n) is 6.72. The molecule has 19 heavy (non-hydrogen) atoms. The van der Waals surface area contributed by atoms with Crippen molar-refractivity contribution in [1.82, 2.24) is 5.32 Å². The van der Waals surface area contributed by atoms with E-state index in [9.17, 15) is 4.79 Å². The van der Waals surface area contributed by atoms with Gasteiger partial charge in [-0.2, -0.15) is 0 Å². The highest BCUT2D eigenvalue weighted by atomic mass is 16.5. The molecule has 0 aromatic carbocycles. The van der Waals surface area contributed by atoms with Crippen LogP contribution in [0.5, 0.6) is 0 Å². The van der Waals surface area contributed by atoms with Crippen molar-refractivity contribution in [2.75, 3.05) is 33.0 Å². The Balaban J connectivity index is 3.37. The summed E-state index contributed by atoms with van der Waals surface area (Å²) >= 11 is 0. The molecule has 0 heterocycles. The standard InChI is InChI=1S/C14H29NO4/c1-13(2,3)18-10-9-17-8-7-15-12(16)11-19-14(4,5)6/h7-11H2,1-6H3,(H,15,16). The van der Waals surface area contributed by atoms with E-state index in [4.69, 9.17) is 14.2 Å². The van der Waals surface area contributed by atoms with Crippen molar-refractivity contribution in [3.8, 4) is 0 Å². The summed E-state index contributed by atoms with van der Waals surface area (Å²) in [6, 6.07) is 0. The van der Waals surface area contributed by atoms with Crippen LogP contribution in [-0.2, 0) is 19.0 Å². The smallest absolute Gasteiger partial charge is 0.246 e. The molecule has 0 aliphatic heterocycles. The summed E-state index contributed by atoms with van der Waals surface area (Å²) in [5.74, 6) is -0.121. The van der Waals surface area contributed by atoms with Gasteiger partial charge in [0.2, 0.25) is 5.91 Å². The minimum absolute atomic E-state index is 0.0800. The Morgan fingerprint density at radius 2 is 1.47 bits per heavy atom. The van der Waals surface area contributed by atoms with E-state index >= 15 is 0 Å². The van der Waals surface area contributed by atoms with Gasteiger partial charge in [0.05, 0.1) is 31.0 Å². The van der Waals surface area contributed by atoms with Crippen LogP contribution >= 0.6 is 0 Å². The van der Waals surface area contributed by atoms with Gasteiger partial charge in [-0.05, 0) is 41.5 Å². The van der Waals surface area contributed by atoms with Crippen molar-refractivity contribution in [1.29, 1.82) is 0 Å². The van der Waals surface area contributed by atoms with Crippen molar-refractivity contribution < 1.29 is 19.0 Å². The average molecular weight is 275 g/mol. The molecule has 0 aromatic heterocycles. The van der Waals surface area contributed by atoms with Crippen LogP contribution in [0.1, 0.15) is 41.5 Å². The van der Waals surface area contributed by atoms with Crippen LogP contribution in [0, 0.1) is 0 Å². The Labute approximate surface area is 117 Å². The van der Waals surface area contributed by atoms with Crippen molar-refractivity contribution in [3.63, 3.8) is 0 Å². The minimum atomic E-state index is -0.294. The third kappa shape index (κ3) is 15.3. The van der Waals surface area contributed by atoms with E-state index in [1.165, 1.54) is 0 Å². The Morgan fingerprint density at radius 1 is 0.895 bits per heavy atom. The number of hydrogen-bond donors (Lipinski definition) is 1. The number of nitrogens with one attached hydrogen (secondary N) is 1. The SMILES string of the molecule is CC(C)(C)OCCOCCNC(=O)COC(C)(C)C. The summed E-state index contributed by atoms with van der Waals surface area (Å²) in [6.45, 7) is 13.9. The lowest BCUT2D eigenvalue weighted by atomic mass is 10.2. The van der Waals surface area contributed by atoms with Gasteiger partial charge in [0, 0.05) is 6.54 Å². The lowest BCUT2D eigenvalue weighted by Gasteiger charge is -2.19. The maximum absolute atomic E-state index is 11.4. The van der Waals surface area contributed by atoms with Gasteiger partial charge in [0.15, 0.2) is 0 Å². The zero-order chi connectivity index (χ0) is 14.9. The number of rotatable bonds is 8. The minimum Gasteiger partial charge on any atom is -0.377 e. The molecule has 0 saturated heterocycles. The van der Waals surface area contributed by atoms with Crippen molar-refractivity contribution >= 4 is 5.91 Å². The molecule has 5 nitrogen and oxygen atoms in total. The molecular weight excluding hydrogens is 246 g/mol. The van der Waals surface area contributed by atoms with Gasteiger partial charge in [0.25, 0.3) is 0 Å². The first-order valence-corrected chi connectivity index (χ1v) is 6.72. The molecule has 0 unspecified atom stereocenters. The molecule has 0 bridgehead atoms. The maximum Gasteiger partial charge on any atom is 0.246 e. The molecule has 0 fully saturated rings. The maximum atomic E-state index is 11.4. The molecule has 0 aliphatic rings. The second-order valence-electron chi connectivity index (χ2n) is 6.32. The second kappa shape index (κ2) is 8.51. The zero-order valence-electron chi connectivity index (χ0n) is 13.2. The Hall–Kier alpha value is -0.650. The monoisotopic (exact) mass is 275 g/mol. The predicted octanol–water partition coefficient (Wildman–Crippen LogP) is 1.75. The van der Waals surface area contributed by atoms with E-state index in [0.29, 0.717) is 26.4 Å². The van der Waals surface area contributed by atoms with Crippen LogP contribution in [0.15, 0.2) is 0 Å². The van der Waals surface area contributed by atoms with E-state index in [0.717, 1.165) is 0 Å². The molecule has 0 radical (unpaired) electrons. The zero-order valence-corrected chi connectivity index (χ0v) is 13.2. The van der Waals surface area contributed by atoms with Crippen LogP contribution in [0.4, 0.5) is 0 Å². The Morgan fingerprint density at radius 3 is 2.00 bits per heavy atom. The van der Waals surface area contributed by atoms with Crippen LogP contribution in [0.25, 0.3) is 0 Å². The molecule has 0 aliphatic carbocycles. The average Bonchev–Trinajstić information content (AvgIpc) is 2.22. The third-order valence-electron chi connectivity index (χ3n) is 1.97. The van der Waals surface area contributed by atoms with Gasteiger partial charge < -0.3 is 19.5 Å². The van der Waals surface area contributed by atoms with Crippen molar-refractivity contribution in [2.45, 2.75) is 52.7 Å². The summed E-state index contributed by atoms with van der Waals surface area (Å²) in [5, 5.41) is 2.73. The first kappa shape index (κ1) is 18.4. The van der Waals surface area contributed by atoms with E-state index in [1.54, 1.807) is 0 Å². The summed E-state index contributed by atoms with van der Waals surface area (Å²) in [7, 11) is 0. The third-order valence-corrected chi connectivity index (χ3v) is 1.97. The van der Waals surface area contributed by atoms with Crippen LogP contribution in [0.2, 0.25) is 0 Å². The summed E-state index contributed by atoms with van der Waals surface area (Å²) < 4.78 is 16.2. The van der Waals surface area contributed by atoms with Gasteiger partial charge in [-0.25, -0.2) is 0 Å². The van der Waals surface area contributed by atoms with Gasteiger partial charge in [-0.1, -0.05) is 0 Å². The fourth-order valence-electron chi connectivity index (χ4n) is 1.10. The number of hydrogen-bond acceptors (Lipinski definition) is 4. The van der Waals surface area contributed by atoms with E-state index in [-0.39, 0.29) is 23.7 Å². The van der Waals surface area contributed by atoms with Gasteiger partial charge in [0.1, 0.15) is 6.61 Å². The molecule has 5 heteroatoms. The van der Waals surface area contributed by atoms with Gasteiger partial charge >= 0.3 is 0 Å². The summed E-state index contributed by atoms with van der Waals surface area (Å²) in [6.07, 6.45) is 0.